The van der Waals surface area contributed by atoms with Gasteiger partial charge in [0.2, 0.25) is 0 Å². The lowest BCUT2D eigenvalue weighted by Crippen LogP contribution is -2.18. The van der Waals surface area contributed by atoms with Crippen molar-refractivity contribution in [3.8, 4) is 11.5 Å². The summed E-state index contributed by atoms with van der Waals surface area (Å²) in [6, 6.07) is 3.18. The highest BCUT2D eigenvalue weighted by Gasteiger charge is 2.19. The van der Waals surface area contributed by atoms with Crippen molar-refractivity contribution in [2.24, 2.45) is 5.73 Å². The van der Waals surface area contributed by atoms with Gasteiger partial charge in [-0.15, -0.1) is 0 Å². The molecule has 2 aromatic rings. The Hall–Kier alpha value is -3.03. The number of anilines is 1. The lowest BCUT2D eigenvalue weighted by atomic mass is 10.1. The number of aryl methyl sites for hydroxylation is 1. The zero-order valence-electron chi connectivity index (χ0n) is 13.3. The molecule has 0 saturated heterocycles. The van der Waals surface area contributed by atoms with E-state index in [1.54, 1.807) is 19.1 Å². The molecule has 122 valence electrons. The molecule has 0 spiro atoms. The average molecular weight is 318 g/mol. The average Bonchev–Trinajstić information content (AvgIpc) is 2.88. The third kappa shape index (κ3) is 3.10. The number of nitrogens with one attached hydrogen (secondary N) is 2. The summed E-state index contributed by atoms with van der Waals surface area (Å²) in [5.41, 5.74) is 7.09. The van der Waals surface area contributed by atoms with Crippen LogP contribution in [-0.4, -0.2) is 36.2 Å². The van der Waals surface area contributed by atoms with Crippen LogP contribution in [0.4, 0.5) is 5.69 Å². The van der Waals surface area contributed by atoms with E-state index in [9.17, 15) is 9.59 Å². The minimum atomic E-state index is -0.733. The summed E-state index contributed by atoms with van der Waals surface area (Å²) < 4.78 is 10.5. The summed E-state index contributed by atoms with van der Waals surface area (Å²) in [4.78, 5) is 23.8. The number of benzene rings is 1. The molecule has 0 fully saturated rings. The number of methoxy groups -OCH3 is 2. The SMILES string of the molecule is COc1cc(C(=O)Nc2c(C(N)=O)n[nH]c2C)cc(OC)c1C. The highest BCUT2D eigenvalue weighted by molar-refractivity contribution is 6.08. The van der Waals surface area contributed by atoms with E-state index in [1.165, 1.54) is 14.2 Å². The zero-order chi connectivity index (χ0) is 17.1. The molecule has 8 heteroatoms. The third-order valence-electron chi connectivity index (χ3n) is 3.43. The minimum absolute atomic E-state index is 0.0260. The third-order valence-corrected chi connectivity index (χ3v) is 3.43. The van der Waals surface area contributed by atoms with Crippen molar-refractivity contribution in [1.82, 2.24) is 10.2 Å². The molecule has 8 nitrogen and oxygen atoms in total. The Bertz CT molecular complexity index is 742. The van der Waals surface area contributed by atoms with Crippen molar-refractivity contribution in [2.75, 3.05) is 19.5 Å². The molecule has 0 aliphatic rings. The van der Waals surface area contributed by atoms with Crippen LogP contribution in [0.15, 0.2) is 12.1 Å². The number of carbonyl (C=O) groups excluding carboxylic acids is 2. The second kappa shape index (κ2) is 6.39. The molecule has 0 atom stereocenters. The standard InChI is InChI=1S/C15H18N4O4/c1-7-10(22-3)5-9(6-11(7)23-4)15(21)17-12-8(2)18-19-13(12)14(16)20/h5-6H,1-4H3,(H2,16,20)(H,17,21)(H,18,19). The van der Waals surface area contributed by atoms with Gasteiger partial charge in [-0.25, -0.2) is 0 Å². The second-order valence-electron chi connectivity index (χ2n) is 4.90. The highest BCUT2D eigenvalue weighted by Crippen LogP contribution is 2.30. The summed E-state index contributed by atoms with van der Waals surface area (Å²) in [6.45, 7) is 3.50. The summed E-state index contributed by atoms with van der Waals surface area (Å²) in [5, 5.41) is 9.03. The summed E-state index contributed by atoms with van der Waals surface area (Å²) in [6.07, 6.45) is 0. The largest absolute Gasteiger partial charge is 0.496 e. The van der Waals surface area contributed by atoms with Crippen LogP contribution in [0.5, 0.6) is 11.5 Å². The maximum absolute atomic E-state index is 12.5. The maximum atomic E-state index is 12.5. The summed E-state index contributed by atoms with van der Waals surface area (Å²) in [7, 11) is 3.02. The van der Waals surface area contributed by atoms with Crippen molar-refractivity contribution in [2.45, 2.75) is 13.8 Å². The Morgan fingerprint density at radius 2 is 1.74 bits per heavy atom. The van der Waals surface area contributed by atoms with Crippen LogP contribution in [0.2, 0.25) is 0 Å². The van der Waals surface area contributed by atoms with E-state index in [0.29, 0.717) is 22.8 Å². The molecule has 23 heavy (non-hydrogen) atoms. The van der Waals surface area contributed by atoms with E-state index >= 15 is 0 Å². The number of aromatic nitrogens is 2. The molecule has 0 aliphatic heterocycles. The number of nitrogens with zero attached hydrogens (tertiary/aromatic N) is 1. The van der Waals surface area contributed by atoms with Crippen molar-refractivity contribution < 1.29 is 19.1 Å². The van der Waals surface area contributed by atoms with Gasteiger partial charge in [0.1, 0.15) is 11.5 Å². The molecule has 2 amide bonds. The molecule has 1 aromatic carbocycles. The van der Waals surface area contributed by atoms with E-state index in [1.807, 2.05) is 6.92 Å². The van der Waals surface area contributed by atoms with Gasteiger partial charge in [-0.2, -0.15) is 5.10 Å². The summed E-state index contributed by atoms with van der Waals surface area (Å²) >= 11 is 0. The van der Waals surface area contributed by atoms with Crippen molar-refractivity contribution in [1.29, 1.82) is 0 Å². The van der Waals surface area contributed by atoms with Crippen molar-refractivity contribution >= 4 is 17.5 Å². The van der Waals surface area contributed by atoms with Gasteiger partial charge in [-0.3, -0.25) is 14.7 Å². The fourth-order valence-corrected chi connectivity index (χ4v) is 2.16. The van der Waals surface area contributed by atoms with Crippen LogP contribution >= 0.6 is 0 Å². The van der Waals surface area contributed by atoms with Crippen LogP contribution < -0.4 is 20.5 Å². The van der Waals surface area contributed by atoms with Gasteiger partial charge in [0.05, 0.1) is 25.6 Å². The first-order valence-electron chi connectivity index (χ1n) is 6.77. The molecular weight excluding hydrogens is 300 g/mol. The molecule has 2 rings (SSSR count). The van der Waals surface area contributed by atoms with E-state index in [0.717, 1.165) is 5.56 Å². The predicted octanol–water partition coefficient (Wildman–Crippen LogP) is 1.39. The fourth-order valence-electron chi connectivity index (χ4n) is 2.16. The number of amides is 2. The first-order chi connectivity index (χ1) is 10.9. The Kier molecular flexibility index (Phi) is 4.54. The first-order valence-corrected chi connectivity index (χ1v) is 6.77. The Labute approximate surface area is 133 Å². The van der Waals surface area contributed by atoms with Crippen LogP contribution in [0.3, 0.4) is 0 Å². The monoisotopic (exact) mass is 318 g/mol. The molecule has 0 unspecified atom stereocenters. The van der Waals surface area contributed by atoms with Gasteiger partial charge in [-0.1, -0.05) is 0 Å². The normalized spacial score (nSPS) is 10.3. The molecule has 0 saturated carbocycles. The van der Waals surface area contributed by atoms with Gasteiger partial charge >= 0.3 is 0 Å². The number of hydrogen-bond acceptors (Lipinski definition) is 5. The number of carbonyl (C=O) groups is 2. The second-order valence-corrected chi connectivity index (χ2v) is 4.90. The number of nitrogens with two attached hydrogens (primary N) is 1. The smallest absolute Gasteiger partial charge is 0.271 e. The molecule has 4 N–H and O–H groups in total. The van der Waals surface area contributed by atoms with Gasteiger partial charge in [-0.05, 0) is 26.0 Å². The first kappa shape index (κ1) is 16.3. The molecule has 0 radical (unpaired) electrons. The molecule has 1 aromatic heterocycles. The number of rotatable bonds is 5. The Morgan fingerprint density at radius 3 is 2.22 bits per heavy atom. The topological polar surface area (TPSA) is 119 Å². The number of hydrogen-bond donors (Lipinski definition) is 3. The Balaban J connectivity index is 2.39. The van der Waals surface area contributed by atoms with Gasteiger partial charge in [0.25, 0.3) is 11.8 Å². The van der Waals surface area contributed by atoms with Crippen molar-refractivity contribution in [3.05, 3.63) is 34.6 Å². The maximum Gasteiger partial charge on any atom is 0.271 e. The number of primary amides is 1. The highest BCUT2D eigenvalue weighted by atomic mass is 16.5. The van der Waals surface area contributed by atoms with Gasteiger partial charge < -0.3 is 20.5 Å². The van der Waals surface area contributed by atoms with Crippen LogP contribution in [0.1, 0.15) is 32.1 Å². The van der Waals surface area contributed by atoms with E-state index in [-0.39, 0.29) is 11.4 Å². The predicted molar refractivity (Wildman–Crippen MR) is 84.1 cm³/mol. The van der Waals surface area contributed by atoms with E-state index in [4.69, 9.17) is 15.2 Å². The van der Waals surface area contributed by atoms with Crippen LogP contribution in [-0.2, 0) is 0 Å². The lowest BCUT2D eigenvalue weighted by molar-refractivity contribution is 0.0996. The number of ether oxygens (including phenoxy) is 2. The molecule has 1 heterocycles. The van der Waals surface area contributed by atoms with Crippen LogP contribution in [0.25, 0.3) is 0 Å². The molecule has 0 aliphatic carbocycles. The Morgan fingerprint density at radius 1 is 1.17 bits per heavy atom. The fraction of sp³-hybridized carbons (Fsp3) is 0.267. The lowest BCUT2D eigenvalue weighted by Gasteiger charge is -2.12. The molecule has 0 bridgehead atoms. The van der Waals surface area contributed by atoms with E-state index in [2.05, 4.69) is 15.5 Å². The van der Waals surface area contributed by atoms with Gasteiger partial charge in [0.15, 0.2) is 5.69 Å². The molecular formula is C15H18N4O4. The van der Waals surface area contributed by atoms with Gasteiger partial charge in [0, 0.05) is 11.1 Å². The van der Waals surface area contributed by atoms with Crippen LogP contribution in [0, 0.1) is 13.8 Å². The summed E-state index contributed by atoms with van der Waals surface area (Å²) in [5.74, 6) is -0.126. The number of aromatic amines is 1. The minimum Gasteiger partial charge on any atom is -0.496 e. The van der Waals surface area contributed by atoms with Crippen molar-refractivity contribution in [3.63, 3.8) is 0 Å². The number of H-pyrrole nitrogens is 1. The quantitative estimate of drug-likeness (QED) is 0.769. The zero-order valence-corrected chi connectivity index (χ0v) is 13.3. The van der Waals surface area contributed by atoms with E-state index < -0.39 is 11.8 Å².